The normalized spacial score (nSPS) is 17.8. The molecule has 0 spiro atoms. The molecule has 2 aromatic rings. The minimum absolute atomic E-state index is 0.186. The summed E-state index contributed by atoms with van der Waals surface area (Å²) in [5.74, 6) is 0.433. The zero-order chi connectivity index (χ0) is 18.2. The first-order valence-electron chi connectivity index (χ1n) is 9.41. The van der Waals surface area contributed by atoms with Crippen molar-refractivity contribution in [3.05, 3.63) is 30.7 Å². The number of piperidine rings is 1. The van der Waals surface area contributed by atoms with E-state index in [-0.39, 0.29) is 6.03 Å². The number of urea groups is 1. The van der Waals surface area contributed by atoms with Gasteiger partial charge in [0.1, 0.15) is 0 Å². The van der Waals surface area contributed by atoms with E-state index in [4.69, 9.17) is 4.42 Å². The Balaban J connectivity index is 1.51. The fourth-order valence-corrected chi connectivity index (χ4v) is 3.36. The molecular weight excluding hydrogens is 330 g/mol. The summed E-state index contributed by atoms with van der Waals surface area (Å²) < 4.78 is 5.19. The van der Waals surface area contributed by atoms with Crippen LogP contribution in [0, 0.1) is 0 Å². The predicted molar refractivity (Wildman–Crippen MR) is 101 cm³/mol. The van der Waals surface area contributed by atoms with Crippen LogP contribution in [0.15, 0.2) is 35.1 Å². The highest BCUT2D eigenvalue weighted by molar-refractivity contribution is 5.89. The second-order valence-electron chi connectivity index (χ2n) is 6.70. The van der Waals surface area contributed by atoms with Crippen LogP contribution in [0.2, 0.25) is 0 Å². The van der Waals surface area contributed by atoms with Gasteiger partial charge in [-0.2, -0.15) is 0 Å². The maximum Gasteiger partial charge on any atom is 0.319 e. The van der Waals surface area contributed by atoms with E-state index in [1.54, 1.807) is 0 Å². The third-order valence-corrected chi connectivity index (χ3v) is 4.77. The fraction of sp³-hybridized carbons (Fsp3) is 0.526. The molecule has 2 amide bonds. The number of anilines is 1. The number of carbonyl (C=O) groups is 1. The van der Waals surface area contributed by atoms with Crippen LogP contribution >= 0.6 is 0 Å². The minimum Gasteiger partial charge on any atom is -0.423 e. The van der Waals surface area contributed by atoms with Gasteiger partial charge in [-0.25, -0.2) is 4.79 Å². The van der Waals surface area contributed by atoms with E-state index in [1.165, 1.54) is 32.1 Å². The van der Waals surface area contributed by atoms with Crippen LogP contribution in [-0.2, 0) is 0 Å². The van der Waals surface area contributed by atoms with Gasteiger partial charge in [0.2, 0.25) is 12.3 Å². The average molecular weight is 357 g/mol. The molecule has 7 heteroatoms. The zero-order valence-corrected chi connectivity index (χ0v) is 15.3. The first kappa shape index (κ1) is 18.4. The quantitative estimate of drug-likeness (QED) is 0.792. The van der Waals surface area contributed by atoms with Crippen LogP contribution < -0.4 is 10.6 Å². The average Bonchev–Trinajstić information content (AvgIpc) is 3.20. The molecule has 140 valence electrons. The number of amides is 2. The van der Waals surface area contributed by atoms with Crippen LogP contribution in [0.3, 0.4) is 0 Å². The van der Waals surface area contributed by atoms with Gasteiger partial charge in [0.25, 0.3) is 0 Å². The van der Waals surface area contributed by atoms with Crippen molar-refractivity contribution in [1.82, 2.24) is 20.4 Å². The number of unbranched alkanes of at least 4 members (excludes halogenated alkanes) is 1. The molecule has 1 aliphatic rings. The van der Waals surface area contributed by atoms with E-state index in [9.17, 15) is 4.79 Å². The Morgan fingerprint density at radius 2 is 2.31 bits per heavy atom. The molecule has 1 aliphatic heterocycles. The van der Waals surface area contributed by atoms with Crippen LogP contribution in [0.1, 0.15) is 39.0 Å². The molecule has 0 bridgehead atoms. The number of rotatable bonds is 7. The molecule has 1 saturated heterocycles. The summed E-state index contributed by atoms with van der Waals surface area (Å²) in [7, 11) is 0. The molecule has 1 atom stereocenters. The first-order chi connectivity index (χ1) is 12.8. The second-order valence-corrected chi connectivity index (χ2v) is 6.70. The van der Waals surface area contributed by atoms with Gasteiger partial charge in [-0.1, -0.05) is 25.8 Å². The molecule has 2 N–H and O–H groups in total. The molecule has 0 unspecified atom stereocenters. The summed E-state index contributed by atoms with van der Waals surface area (Å²) in [5.41, 5.74) is 1.48. The van der Waals surface area contributed by atoms with Gasteiger partial charge in [0, 0.05) is 23.8 Å². The van der Waals surface area contributed by atoms with Crippen LogP contribution in [0.4, 0.5) is 10.5 Å². The lowest BCUT2D eigenvalue weighted by molar-refractivity contribution is 0.145. The van der Waals surface area contributed by atoms with Gasteiger partial charge in [-0.3, -0.25) is 4.90 Å². The lowest BCUT2D eigenvalue weighted by atomic mass is 10.0. The third-order valence-electron chi connectivity index (χ3n) is 4.77. The number of aromatic nitrogens is 2. The predicted octanol–water partition coefficient (Wildman–Crippen LogP) is 3.51. The zero-order valence-electron chi connectivity index (χ0n) is 15.3. The number of benzene rings is 1. The number of carbonyl (C=O) groups excluding carboxylic acids is 1. The van der Waals surface area contributed by atoms with Gasteiger partial charge < -0.3 is 15.1 Å². The molecule has 2 heterocycles. The third kappa shape index (κ3) is 5.05. The van der Waals surface area contributed by atoms with E-state index in [1.807, 2.05) is 24.3 Å². The molecule has 1 aromatic heterocycles. The molecule has 26 heavy (non-hydrogen) atoms. The maximum absolute atomic E-state index is 12.3. The van der Waals surface area contributed by atoms with Crippen molar-refractivity contribution in [3.8, 4) is 11.5 Å². The number of hydrogen-bond donors (Lipinski definition) is 2. The molecule has 7 nitrogen and oxygen atoms in total. The van der Waals surface area contributed by atoms with Crippen molar-refractivity contribution >= 4 is 11.7 Å². The minimum atomic E-state index is -0.186. The van der Waals surface area contributed by atoms with Crippen molar-refractivity contribution in [2.24, 2.45) is 0 Å². The summed E-state index contributed by atoms with van der Waals surface area (Å²) in [6, 6.07) is 7.63. The molecular formula is C19H27N5O2. The van der Waals surface area contributed by atoms with Crippen molar-refractivity contribution in [2.75, 3.05) is 25.0 Å². The van der Waals surface area contributed by atoms with Crippen molar-refractivity contribution in [3.63, 3.8) is 0 Å². The van der Waals surface area contributed by atoms with Crippen LogP contribution in [-0.4, -0.2) is 46.8 Å². The number of hydrogen-bond acceptors (Lipinski definition) is 5. The summed E-state index contributed by atoms with van der Waals surface area (Å²) in [6.45, 7) is 5.16. The monoisotopic (exact) mass is 357 g/mol. The number of likely N-dealkylation sites (tertiary alicyclic amines) is 1. The number of nitrogens with zero attached hydrogens (tertiary/aromatic N) is 3. The van der Waals surface area contributed by atoms with Gasteiger partial charge in [0.15, 0.2) is 0 Å². The van der Waals surface area contributed by atoms with E-state index >= 15 is 0 Å². The summed E-state index contributed by atoms with van der Waals surface area (Å²) in [6.07, 6.45) is 7.35. The second kappa shape index (κ2) is 9.33. The van der Waals surface area contributed by atoms with Gasteiger partial charge >= 0.3 is 6.03 Å². The Morgan fingerprint density at radius 3 is 3.12 bits per heavy atom. The van der Waals surface area contributed by atoms with Crippen LogP contribution in [0.25, 0.3) is 11.5 Å². The van der Waals surface area contributed by atoms with Crippen molar-refractivity contribution in [1.29, 1.82) is 0 Å². The van der Waals surface area contributed by atoms with Gasteiger partial charge in [0.05, 0.1) is 0 Å². The largest absolute Gasteiger partial charge is 0.423 e. The van der Waals surface area contributed by atoms with E-state index in [2.05, 4.69) is 32.7 Å². The summed E-state index contributed by atoms with van der Waals surface area (Å²) >= 11 is 0. The first-order valence-corrected chi connectivity index (χ1v) is 9.41. The van der Waals surface area contributed by atoms with Crippen LogP contribution in [0.5, 0.6) is 0 Å². The van der Waals surface area contributed by atoms with Crippen molar-refractivity contribution in [2.45, 2.75) is 45.1 Å². The topological polar surface area (TPSA) is 83.3 Å². The Kier molecular flexibility index (Phi) is 6.60. The molecule has 3 rings (SSSR count). The Hall–Kier alpha value is -2.41. The van der Waals surface area contributed by atoms with Gasteiger partial charge in [-0.15, -0.1) is 10.2 Å². The molecule has 0 aliphatic carbocycles. The van der Waals surface area contributed by atoms with E-state index < -0.39 is 0 Å². The smallest absolute Gasteiger partial charge is 0.319 e. The van der Waals surface area contributed by atoms with Crippen molar-refractivity contribution < 1.29 is 9.21 Å². The highest BCUT2D eigenvalue weighted by Crippen LogP contribution is 2.20. The van der Waals surface area contributed by atoms with Gasteiger partial charge in [-0.05, 0) is 50.6 Å². The lowest BCUT2D eigenvalue weighted by Crippen LogP contribution is -2.47. The fourth-order valence-electron chi connectivity index (χ4n) is 3.36. The lowest BCUT2D eigenvalue weighted by Gasteiger charge is -2.35. The van der Waals surface area contributed by atoms with E-state index in [0.717, 1.165) is 25.1 Å². The molecule has 0 saturated carbocycles. The SMILES string of the molecule is CCCCN1CCCC[C@@H]1CNC(=O)Nc1cccc(-c2nnco2)c1. The summed E-state index contributed by atoms with van der Waals surface area (Å²) in [5, 5.41) is 13.5. The maximum atomic E-state index is 12.3. The van der Waals surface area contributed by atoms with E-state index in [0.29, 0.717) is 24.2 Å². The Morgan fingerprint density at radius 1 is 1.38 bits per heavy atom. The number of nitrogens with one attached hydrogen (secondary N) is 2. The Bertz CT molecular complexity index is 689. The standard InChI is InChI=1S/C19H27N5O2/c1-2-3-10-24-11-5-4-9-17(24)13-20-19(25)22-16-8-6-7-15(12-16)18-23-21-14-26-18/h6-8,12,14,17H,2-5,9-11,13H2,1H3,(H2,20,22,25)/t17-/m1/s1. The Labute approximate surface area is 154 Å². The molecule has 1 fully saturated rings. The summed E-state index contributed by atoms with van der Waals surface area (Å²) in [4.78, 5) is 14.8. The highest BCUT2D eigenvalue weighted by atomic mass is 16.4. The molecule has 0 radical (unpaired) electrons. The highest BCUT2D eigenvalue weighted by Gasteiger charge is 2.22. The molecule has 1 aromatic carbocycles.